The molecular formula is C20H28N2O3. The Hall–Kier alpha value is -1.88. The predicted octanol–water partition coefficient (Wildman–Crippen LogP) is 2.50. The maximum Gasteiger partial charge on any atom is 0.329 e. The van der Waals surface area contributed by atoms with E-state index in [9.17, 15) is 9.59 Å². The van der Waals surface area contributed by atoms with Crippen LogP contribution in [0.4, 0.5) is 0 Å². The van der Waals surface area contributed by atoms with Crippen LogP contribution in [0.3, 0.4) is 0 Å². The van der Waals surface area contributed by atoms with Gasteiger partial charge in [0.15, 0.2) is 0 Å². The highest BCUT2D eigenvalue weighted by molar-refractivity contribution is 5.92. The number of ether oxygens (including phenoxy) is 1. The van der Waals surface area contributed by atoms with Gasteiger partial charge in [-0.05, 0) is 43.7 Å². The second-order valence-electron chi connectivity index (χ2n) is 7.60. The number of rotatable bonds is 6. The van der Waals surface area contributed by atoms with Gasteiger partial charge in [0.05, 0.1) is 5.54 Å². The number of hydrogen-bond donors (Lipinski definition) is 1. The third kappa shape index (κ3) is 3.87. The zero-order chi connectivity index (χ0) is 17.9. The number of esters is 1. The molecule has 0 saturated carbocycles. The highest BCUT2D eigenvalue weighted by atomic mass is 16.5. The van der Waals surface area contributed by atoms with Crippen LogP contribution in [-0.4, -0.2) is 41.4 Å². The highest BCUT2D eigenvalue weighted by Gasteiger charge is 2.51. The van der Waals surface area contributed by atoms with Crippen LogP contribution < -0.4 is 5.32 Å². The van der Waals surface area contributed by atoms with Crippen LogP contribution in [0, 0.1) is 5.92 Å². The van der Waals surface area contributed by atoms with Crippen LogP contribution in [0.15, 0.2) is 30.3 Å². The molecule has 5 nitrogen and oxygen atoms in total. The Balaban J connectivity index is 1.69. The Morgan fingerprint density at radius 2 is 2.04 bits per heavy atom. The third-order valence-corrected chi connectivity index (χ3v) is 5.26. The average Bonchev–Trinajstić information content (AvgIpc) is 3.20. The van der Waals surface area contributed by atoms with Gasteiger partial charge in [0.25, 0.3) is 0 Å². The Morgan fingerprint density at radius 1 is 1.28 bits per heavy atom. The van der Waals surface area contributed by atoms with E-state index in [2.05, 4.69) is 19.2 Å². The number of nitrogens with one attached hydrogen (secondary N) is 1. The normalized spacial score (nSPS) is 24.3. The van der Waals surface area contributed by atoms with Gasteiger partial charge < -0.3 is 15.0 Å². The van der Waals surface area contributed by atoms with E-state index in [-0.39, 0.29) is 18.5 Å². The first-order valence-electron chi connectivity index (χ1n) is 9.28. The van der Waals surface area contributed by atoms with E-state index in [1.807, 2.05) is 30.3 Å². The summed E-state index contributed by atoms with van der Waals surface area (Å²) < 4.78 is 5.55. The average molecular weight is 344 g/mol. The Morgan fingerprint density at radius 3 is 2.68 bits per heavy atom. The Labute approximate surface area is 149 Å². The monoisotopic (exact) mass is 344 g/mol. The standard InChI is InChI=1S/C20H28N2O3/c1-15(2)13-17(18(23)25-14-16-7-4-3-5-8-16)22-12-10-20(19(22)24)9-6-11-21-20/h3-5,7-8,15,17,21H,6,9-14H2,1-2H3/t17-,20-/m1/s1. The summed E-state index contributed by atoms with van der Waals surface area (Å²) in [5.74, 6) is 0.100. The minimum atomic E-state index is -0.488. The maximum absolute atomic E-state index is 13.0. The smallest absolute Gasteiger partial charge is 0.329 e. The minimum Gasteiger partial charge on any atom is -0.459 e. The molecule has 0 unspecified atom stereocenters. The quantitative estimate of drug-likeness (QED) is 0.806. The molecule has 0 aliphatic carbocycles. The lowest BCUT2D eigenvalue weighted by molar-refractivity contribution is -0.156. The van der Waals surface area contributed by atoms with E-state index in [4.69, 9.17) is 4.74 Å². The second kappa shape index (κ2) is 7.56. The van der Waals surface area contributed by atoms with Crippen molar-refractivity contribution < 1.29 is 14.3 Å². The summed E-state index contributed by atoms with van der Waals surface area (Å²) in [5, 5.41) is 3.37. The molecule has 2 aliphatic heterocycles. The van der Waals surface area contributed by atoms with Gasteiger partial charge in [0, 0.05) is 6.54 Å². The fourth-order valence-electron chi connectivity index (χ4n) is 3.92. The van der Waals surface area contributed by atoms with Crippen molar-refractivity contribution in [3.8, 4) is 0 Å². The molecule has 1 amide bonds. The molecule has 0 radical (unpaired) electrons. The van der Waals surface area contributed by atoms with Crippen molar-refractivity contribution in [3.05, 3.63) is 35.9 Å². The minimum absolute atomic E-state index is 0.0762. The van der Waals surface area contributed by atoms with Crippen LogP contribution in [0.2, 0.25) is 0 Å². The molecule has 3 rings (SSSR count). The predicted molar refractivity (Wildman–Crippen MR) is 95.8 cm³/mol. The van der Waals surface area contributed by atoms with Crippen molar-refractivity contribution in [1.82, 2.24) is 10.2 Å². The number of carbonyl (C=O) groups is 2. The zero-order valence-electron chi connectivity index (χ0n) is 15.2. The second-order valence-corrected chi connectivity index (χ2v) is 7.60. The zero-order valence-corrected chi connectivity index (χ0v) is 15.2. The van der Waals surface area contributed by atoms with E-state index in [1.165, 1.54) is 0 Å². The van der Waals surface area contributed by atoms with Crippen LogP contribution in [0.5, 0.6) is 0 Å². The molecule has 1 aromatic rings. The summed E-state index contributed by atoms with van der Waals surface area (Å²) in [6, 6.07) is 9.16. The Kier molecular flexibility index (Phi) is 5.42. The van der Waals surface area contributed by atoms with E-state index in [0.717, 1.165) is 31.4 Å². The van der Waals surface area contributed by atoms with Crippen molar-refractivity contribution >= 4 is 11.9 Å². The van der Waals surface area contributed by atoms with Crippen molar-refractivity contribution in [3.63, 3.8) is 0 Å². The summed E-state index contributed by atoms with van der Waals surface area (Å²) in [6.45, 7) is 5.90. The number of carbonyl (C=O) groups excluding carboxylic acids is 2. The molecule has 2 fully saturated rings. The number of amides is 1. The van der Waals surface area contributed by atoms with Gasteiger partial charge in [-0.15, -0.1) is 0 Å². The van der Waals surface area contributed by atoms with Crippen molar-refractivity contribution in [2.75, 3.05) is 13.1 Å². The molecule has 5 heteroatoms. The molecule has 2 atom stereocenters. The molecule has 136 valence electrons. The molecular weight excluding hydrogens is 316 g/mol. The number of likely N-dealkylation sites (tertiary alicyclic amines) is 1. The van der Waals surface area contributed by atoms with Crippen LogP contribution in [0.25, 0.3) is 0 Å². The molecule has 25 heavy (non-hydrogen) atoms. The topological polar surface area (TPSA) is 58.6 Å². The summed E-state index contributed by atoms with van der Waals surface area (Å²) in [7, 11) is 0. The van der Waals surface area contributed by atoms with Crippen LogP contribution in [-0.2, 0) is 20.9 Å². The summed E-state index contributed by atoms with van der Waals surface area (Å²) in [5.41, 5.74) is 0.524. The molecule has 2 heterocycles. The van der Waals surface area contributed by atoms with E-state index >= 15 is 0 Å². The lowest BCUT2D eigenvalue weighted by Crippen LogP contribution is -2.52. The fourth-order valence-corrected chi connectivity index (χ4v) is 3.92. The van der Waals surface area contributed by atoms with E-state index in [1.54, 1.807) is 4.90 Å². The Bertz CT molecular complexity index is 609. The third-order valence-electron chi connectivity index (χ3n) is 5.26. The number of nitrogens with zero attached hydrogens (tertiary/aromatic N) is 1. The molecule has 0 bridgehead atoms. The van der Waals surface area contributed by atoms with Gasteiger partial charge in [-0.3, -0.25) is 4.79 Å². The van der Waals surface area contributed by atoms with Gasteiger partial charge in [-0.1, -0.05) is 44.2 Å². The fraction of sp³-hybridized carbons (Fsp3) is 0.600. The van der Waals surface area contributed by atoms with Crippen molar-refractivity contribution in [1.29, 1.82) is 0 Å². The molecule has 2 aliphatic rings. The first-order chi connectivity index (χ1) is 12.0. The van der Waals surface area contributed by atoms with Gasteiger partial charge in [0.2, 0.25) is 5.91 Å². The highest BCUT2D eigenvalue weighted by Crippen LogP contribution is 2.33. The summed E-state index contributed by atoms with van der Waals surface area (Å²) in [4.78, 5) is 27.5. The van der Waals surface area contributed by atoms with Crippen LogP contribution >= 0.6 is 0 Å². The lowest BCUT2D eigenvalue weighted by atomic mass is 9.95. The van der Waals surface area contributed by atoms with Crippen molar-refractivity contribution in [2.24, 2.45) is 5.92 Å². The molecule has 1 N–H and O–H groups in total. The molecule has 0 aromatic heterocycles. The first-order valence-corrected chi connectivity index (χ1v) is 9.28. The van der Waals surface area contributed by atoms with Crippen molar-refractivity contribution in [2.45, 2.75) is 57.7 Å². The molecule has 1 spiro atoms. The number of hydrogen-bond acceptors (Lipinski definition) is 4. The largest absolute Gasteiger partial charge is 0.459 e. The lowest BCUT2D eigenvalue weighted by Gasteiger charge is -2.29. The van der Waals surface area contributed by atoms with E-state index in [0.29, 0.717) is 18.9 Å². The first kappa shape index (κ1) is 17.9. The van der Waals surface area contributed by atoms with Crippen LogP contribution in [0.1, 0.15) is 45.1 Å². The maximum atomic E-state index is 13.0. The molecule has 2 saturated heterocycles. The van der Waals surface area contributed by atoms with Gasteiger partial charge in [-0.25, -0.2) is 4.79 Å². The SMILES string of the molecule is CC(C)C[C@H](C(=O)OCc1ccccc1)N1CC[C@]2(CCCN2)C1=O. The summed E-state index contributed by atoms with van der Waals surface area (Å²) >= 11 is 0. The number of benzene rings is 1. The van der Waals surface area contributed by atoms with Gasteiger partial charge >= 0.3 is 5.97 Å². The summed E-state index contributed by atoms with van der Waals surface area (Å²) in [6.07, 6.45) is 3.31. The van der Waals surface area contributed by atoms with E-state index < -0.39 is 11.6 Å². The van der Waals surface area contributed by atoms with Gasteiger partial charge in [-0.2, -0.15) is 0 Å². The molecule has 1 aromatic carbocycles. The van der Waals surface area contributed by atoms with Gasteiger partial charge in [0.1, 0.15) is 12.6 Å².